The first-order valence-corrected chi connectivity index (χ1v) is 5.02. The van der Waals surface area contributed by atoms with Crippen molar-refractivity contribution in [2.45, 2.75) is 19.6 Å². The fourth-order valence-corrected chi connectivity index (χ4v) is 1.27. The Bertz CT molecular complexity index is 426. The summed E-state index contributed by atoms with van der Waals surface area (Å²) in [5.41, 5.74) is 0.256. The summed E-state index contributed by atoms with van der Waals surface area (Å²) in [7, 11) is 1.22. The largest absolute Gasteiger partial charge is 0.467 e. The summed E-state index contributed by atoms with van der Waals surface area (Å²) in [6.07, 6.45) is 0. The first-order valence-electron chi connectivity index (χ1n) is 5.02. The number of methoxy groups -OCH3 is 1. The molecule has 0 aliphatic rings. The maximum Gasteiger partial charge on any atom is 0.387 e. The molecule has 0 saturated heterocycles. The van der Waals surface area contributed by atoms with Gasteiger partial charge in [0.15, 0.2) is 11.6 Å². The first kappa shape index (κ1) is 14.1. The van der Waals surface area contributed by atoms with Crippen molar-refractivity contribution in [3.63, 3.8) is 0 Å². The normalized spacial score (nSPS) is 12.1. The molecule has 18 heavy (non-hydrogen) atoms. The van der Waals surface area contributed by atoms with Gasteiger partial charge < -0.3 is 14.8 Å². The standard InChI is InChI=1S/C11H12F3NO3/c1-6(10(16)17-2)15-7-3-4-9(8(12)5-7)18-11(13)14/h3-6,11,15H,1-2H3. The van der Waals surface area contributed by atoms with E-state index < -0.39 is 30.2 Å². The van der Waals surface area contributed by atoms with Gasteiger partial charge in [0.2, 0.25) is 0 Å². The van der Waals surface area contributed by atoms with Crippen LogP contribution in [0.2, 0.25) is 0 Å². The summed E-state index contributed by atoms with van der Waals surface area (Å²) >= 11 is 0. The van der Waals surface area contributed by atoms with E-state index in [9.17, 15) is 18.0 Å². The zero-order valence-corrected chi connectivity index (χ0v) is 9.75. The molecule has 1 atom stereocenters. The van der Waals surface area contributed by atoms with Crippen LogP contribution in [0.25, 0.3) is 0 Å². The number of nitrogens with one attached hydrogen (secondary N) is 1. The van der Waals surface area contributed by atoms with Gasteiger partial charge in [-0.3, -0.25) is 0 Å². The molecule has 1 aromatic carbocycles. The van der Waals surface area contributed by atoms with E-state index in [0.717, 1.165) is 12.1 Å². The van der Waals surface area contributed by atoms with Crippen molar-refractivity contribution in [2.75, 3.05) is 12.4 Å². The van der Waals surface area contributed by atoms with Crippen LogP contribution in [-0.4, -0.2) is 25.7 Å². The maximum atomic E-state index is 13.3. The SMILES string of the molecule is COC(=O)C(C)Nc1ccc(OC(F)F)c(F)c1. The van der Waals surface area contributed by atoms with E-state index in [1.807, 2.05) is 0 Å². The zero-order chi connectivity index (χ0) is 13.7. The lowest BCUT2D eigenvalue weighted by molar-refractivity contribution is -0.141. The molecule has 1 aromatic rings. The molecule has 0 bridgehead atoms. The summed E-state index contributed by atoms with van der Waals surface area (Å²) in [6, 6.07) is 2.64. The van der Waals surface area contributed by atoms with Crippen molar-refractivity contribution in [1.82, 2.24) is 0 Å². The summed E-state index contributed by atoms with van der Waals surface area (Å²) in [5.74, 6) is -2.03. The molecular weight excluding hydrogens is 251 g/mol. The second-order valence-corrected chi connectivity index (χ2v) is 3.41. The third-order valence-electron chi connectivity index (χ3n) is 2.09. The van der Waals surface area contributed by atoms with E-state index >= 15 is 0 Å². The predicted molar refractivity (Wildman–Crippen MR) is 58.1 cm³/mol. The summed E-state index contributed by atoms with van der Waals surface area (Å²) in [6.45, 7) is -1.57. The fraction of sp³-hybridized carbons (Fsp3) is 0.364. The molecule has 0 aromatic heterocycles. The topological polar surface area (TPSA) is 47.6 Å². The van der Waals surface area contributed by atoms with Crippen LogP contribution >= 0.6 is 0 Å². The monoisotopic (exact) mass is 263 g/mol. The van der Waals surface area contributed by atoms with Crippen LogP contribution in [-0.2, 0) is 9.53 Å². The Morgan fingerprint density at radius 3 is 2.56 bits per heavy atom. The Kier molecular flexibility index (Phi) is 4.82. The van der Waals surface area contributed by atoms with Gasteiger partial charge in [0.05, 0.1) is 7.11 Å². The van der Waals surface area contributed by atoms with E-state index in [0.29, 0.717) is 0 Å². The number of benzene rings is 1. The molecule has 4 nitrogen and oxygen atoms in total. The summed E-state index contributed by atoms with van der Waals surface area (Å²) in [5, 5.41) is 2.66. The van der Waals surface area contributed by atoms with Crippen LogP contribution < -0.4 is 10.1 Å². The second-order valence-electron chi connectivity index (χ2n) is 3.41. The molecule has 1 rings (SSSR count). The number of rotatable bonds is 5. The summed E-state index contributed by atoms with van der Waals surface area (Å²) in [4.78, 5) is 11.1. The van der Waals surface area contributed by atoms with Gasteiger partial charge in [-0.1, -0.05) is 0 Å². The molecule has 0 heterocycles. The third kappa shape index (κ3) is 3.83. The number of hydrogen-bond donors (Lipinski definition) is 1. The zero-order valence-electron chi connectivity index (χ0n) is 9.75. The maximum absolute atomic E-state index is 13.3. The van der Waals surface area contributed by atoms with Crippen molar-refractivity contribution < 1.29 is 27.4 Å². The van der Waals surface area contributed by atoms with E-state index in [1.165, 1.54) is 20.1 Å². The average molecular weight is 263 g/mol. The van der Waals surface area contributed by atoms with Crippen LogP contribution in [0.5, 0.6) is 5.75 Å². The van der Waals surface area contributed by atoms with Gasteiger partial charge in [0.25, 0.3) is 0 Å². The lowest BCUT2D eigenvalue weighted by Crippen LogP contribution is -2.27. The van der Waals surface area contributed by atoms with Crippen LogP contribution in [0, 0.1) is 5.82 Å². The third-order valence-corrected chi connectivity index (χ3v) is 2.09. The molecule has 0 saturated carbocycles. The number of anilines is 1. The number of halogens is 3. The molecule has 0 aliphatic heterocycles. The second kappa shape index (κ2) is 6.13. The van der Waals surface area contributed by atoms with Gasteiger partial charge in [-0.05, 0) is 19.1 Å². The van der Waals surface area contributed by atoms with Crippen molar-refractivity contribution in [3.05, 3.63) is 24.0 Å². The number of esters is 1. The molecule has 7 heteroatoms. The minimum Gasteiger partial charge on any atom is -0.467 e. The van der Waals surface area contributed by atoms with Crippen LogP contribution in [0.15, 0.2) is 18.2 Å². The Morgan fingerprint density at radius 1 is 1.39 bits per heavy atom. The quantitative estimate of drug-likeness (QED) is 0.829. The average Bonchev–Trinajstić information content (AvgIpc) is 2.31. The van der Waals surface area contributed by atoms with Crippen LogP contribution in [0.3, 0.4) is 0 Å². The lowest BCUT2D eigenvalue weighted by atomic mass is 10.2. The van der Waals surface area contributed by atoms with Gasteiger partial charge >= 0.3 is 12.6 Å². The minimum atomic E-state index is -3.09. The molecule has 100 valence electrons. The summed E-state index contributed by atoms with van der Waals surface area (Å²) < 4.78 is 45.5. The van der Waals surface area contributed by atoms with Crippen molar-refractivity contribution in [1.29, 1.82) is 0 Å². The van der Waals surface area contributed by atoms with Crippen LogP contribution in [0.1, 0.15) is 6.92 Å². The smallest absolute Gasteiger partial charge is 0.387 e. The lowest BCUT2D eigenvalue weighted by Gasteiger charge is -2.13. The molecule has 1 unspecified atom stereocenters. The molecule has 0 spiro atoms. The van der Waals surface area contributed by atoms with E-state index in [1.54, 1.807) is 0 Å². The first-order chi connectivity index (χ1) is 8.43. The highest BCUT2D eigenvalue weighted by molar-refractivity contribution is 5.78. The molecule has 0 aliphatic carbocycles. The van der Waals surface area contributed by atoms with Crippen molar-refractivity contribution >= 4 is 11.7 Å². The Balaban J connectivity index is 2.75. The van der Waals surface area contributed by atoms with Gasteiger partial charge in [0, 0.05) is 11.8 Å². The molecule has 0 amide bonds. The highest BCUT2D eigenvalue weighted by Gasteiger charge is 2.14. The minimum absolute atomic E-state index is 0.256. The highest BCUT2D eigenvalue weighted by atomic mass is 19.3. The van der Waals surface area contributed by atoms with Crippen molar-refractivity contribution in [2.24, 2.45) is 0 Å². The number of alkyl halides is 2. The Morgan fingerprint density at radius 2 is 2.06 bits per heavy atom. The predicted octanol–water partition coefficient (Wildman–Crippen LogP) is 2.40. The number of carbonyl (C=O) groups excluding carboxylic acids is 1. The Hall–Kier alpha value is -1.92. The van der Waals surface area contributed by atoms with Gasteiger partial charge in [0.1, 0.15) is 6.04 Å². The van der Waals surface area contributed by atoms with E-state index in [-0.39, 0.29) is 5.69 Å². The van der Waals surface area contributed by atoms with Gasteiger partial charge in [-0.25, -0.2) is 9.18 Å². The van der Waals surface area contributed by atoms with Gasteiger partial charge in [-0.15, -0.1) is 0 Å². The number of hydrogen-bond acceptors (Lipinski definition) is 4. The number of carbonyl (C=O) groups is 1. The molecular formula is C11H12F3NO3. The Labute approximate surface area is 102 Å². The van der Waals surface area contributed by atoms with Gasteiger partial charge in [-0.2, -0.15) is 8.78 Å². The molecule has 1 N–H and O–H groups in total. The highest BCUT2D eigenvalue weighted by Crippen LogP contribution is 2.23. The van der Waals surface area contributed by atoms with E-state index in [4.69, 9.17) is 0 Å². The van der Waals surface area contributed by atoms with Crippen molar-refractivity contribution in [3.8, 4) is 5.75 Å². The molecule has 0 fully saturated rings. The van der Waals surface area contributed by atoms with E-state index in [2.05, 4.69) is 14.8 Å². The van der Waals surface area contributed by atoms with Crippen LogP contribution in [0.4, 0.5) is 18.9 Å². The number of ether oxygens (including phenoxy) is 2. The fourth-order valence-electron chi connectivity index (χ4n) is 1.27. The molecule has 0 radical (unpaired) electrons.